The molecule has 2 rings (SSSR count). The van der Waals surface area contributed by atoms with Crippen molar-refractivity contribution in [3.8, 4) is 5.75 Å². The van der Waals surface area contributed by atoms with Crippen LogP contribution in [0.1, 0.15) is 15.9 Å². The topological polar surface area (TPSA) is 65.5 Å². The summed E-state index contributed by atoms with van der Waals surface area (Å²) in [7, 11) is 1.32. The molecule has 0 amide bonds. The first-order chi connectivity index (χ1) is 10.5. The zero-order valence-electron chi connectivity index (χ0n) is 11.5. The monoisotopic (exact) mass is 339 g/mol. The van der Waals surface area contributed by atoms with Crippen molar-refractivity contribution in [1.29, 1.82) is 0 Å². The van der Waals surface area contributed by atoms with Crippen LogP contribution in [0.4, 0.5) is 0 Å². The van der Waals surface area contributed by atoms with Crippen molar-refractivity contribution in [2.24, 2.45) is 0 Å². The van der Waals surface area contributed by atoms with E-state index in [1.807, 2.05) is 0 Å². The number of benzene rings is 1. The highest BCUT2D eigenvalue weighted by atomic mass is 35.5. The van der Waals surface area contributed by atoms with Crippen LogP contribution < -0.4 is 4.74 Å². The average molecular weight is 340 g/mol. The third kappa shape index (κ3) is 4.19. The van der Waals surface area contributed by atoms with Crippen LogP contribution in [0, 0.1) is 0 Å². The van der Waals surface area contributed by atoms with Crippen LogP contribution in [0.3, 0.4) is 0 Å². The van der Waals surface area contributed by atoms with Gasteiger partial charge in [-0.25, -0.2) is 9.78 Å². The summed E-state index contributed by atoms with van der Waals surface area (Å²) in [6, 6.07) is 7.90. The van der Waals surface area contributed by atoms with Gasteiger partial charge in [0.15, 0.2) is 0 Å². The number of carbonyl (C=O) groups is 2. The van der Waals surface area contributed by atoms with Crippen LogP contribution in [0.25, 0.3) is 0 Å². The smallest absolute Gasteiger partial charge is 0.345 e. The van der Waals surface area contributed by atoms with Crippen LogP contribution in [-0.2, 0) is 16.0 Å². The van der Waals surface area contributed by atoms with Crippen LogP contribution in [0.15, 0.2) is 36.5 Å². The molecule has 0 aliphatic heterocycles. The molecule has 0 bridgehead atoms. The molecule has 1 aromatic carbocycles. The van der Waals surface area contributed by atoms with Crippen molar-refractivity contribution in [2.75, 3.05) is 7.11 Å². The van der Waals surface area contributed by atoms with E-state index in [2.05, 4.69) is 9.72 Å². The SMILES string of the molecule is COC(=O)Cc1ccc(OC(=O)c2cnc(Cl)c(Cl)c2)cc1. The molecule has 1 aromatic heterocycles. The number of carbonyl (C=O) groups excluding carboxylic acids is 2. The van der Waals surface area contributed by atoms with E-state index in [4.69, 9.17) is 27.9 Å². The van der Waals surface area contributed by atoms with Gasteiger partial charge in [-0.05, 0) is 23.8 Å². The fraction of sp³-hybridized carbons (Fsp3) is 0.133. The summed E-state index contributed by atoms with van der Waals surface area (Å²) in [5, 5.41) is 0.287. The number of esters is 2. The number of hydrogen-bond donors (Lipinski definition) is 0. The number of methoxy groups -OCH3 is 1. The minimum absolute atomic E-state index is 0.116. The van der Waals surface area contributed by atoms with E-state index in [0.717, 1.165) is 5.56 Å². The van der Waals surface area contributed by atoms with Crippen LogP contribution >= 0.6 is 23.2 Å². The van der Waals surface area contributed by atoms with Gasteiger partial charge in [-0.1, -0.05) is 35.3 Å². The maximum absolute atomic E-state index is 11.9. The highest BCUT2D eigenvalue weighted by Gasteiger charge is 2.12. The van der Waals surface area contributed by atoms with E-state index in [1.54, 1.807) is 24.3 Å². The van der Waals surface area contributed by atoms with Crippen molar-refractivity contribution < 1.29 is 19.1 Å². The van der Waals surface area contributed by atoms with E-state index in [-0.39, 0.29) is 28.1 Å². The van der Waals surface area contributed by atoms with Gasteiger partial charge >= 0.3 is 11.9 Å². The van der Waals surface area contributed by atoms with Crippen molar-refractivity contribution in [2.45, 2.75) is 6.42 Å². The Bertz CT molecular complexity index is 701. The second-order valence-corrected chi connectivity index (χ2v) is 5.05. The largest absolute Gasteiger partial charge is 0.469 e. The van der Waals surface area contributed by atoms with Gasteiger partial charge in [0, 0.05) is 6.20 Å². The van der Waals surface area contributed by atoms with Crippen molar-refractivity contribution >= 4 is 35.1 Å². The number of hydrogen-bond acceptors (Lipinski definition) is 5. The Kier molecular flexibility index (Phi) is 5.35. The first-order valence-corrected chi connectivity index (χ1v) is 6.94. The molecule has 0 fully saturated rings. The molecule has 0 saturated carbocycles. The highest BCUT2D eigenvalue weighted by molar-refractivity contribution is 6.41. The summed E-state index contributed by atoms with van der Waals surface area (Å²) in [6.07, 6.45) is 1.43. The molecule has 7 heteroatoms. The predicted octanol–water partition coefficient (Wildman–Crippen LogP) is 3.32. The van der Waals surface area contributed by atoms with Gasteiger partial charge in [0.05, 0.1) is 24.1 Å². The molecule has 22 heavy (non-hydrogen) atoms. The van der Waals surface area contributed by atoms with E-state index in [0.29, 0.717) is 5.75 Å². The molecule has 114 valence electrons. The van der Waals surface area contributed by atoms with Gasteiger partial charge in [0.2, 0.25) is 0 Å². The number of rotatable bonds is 4. The van der Waals surface area contributed by atoms with E-state index in [1.165, 1.54) is 19.4 Å². The predicted molar refractivity (Wildman–Crippen MR) is 81.4 cm³/mol. The number of nitrogens with zero attached hydrogens (tertiary/aromatic N) is 1. The second-order valence-electron chi connectivity index (χ2n) is 4.28. The zero-order valence-corrected chi connectivity index (χ0v) is 13.0. The van der Waals surface area contributed by atoms with Crippen LogP contribution in [-0.4, -0.2) is 24.0 Å². The maximum Gasteiger partial charge on any atom is 0.345 e. The van der Waals surface area contributed by atoms with Gasteiger partial charge in [0.25, 0.3) is 0 Å². The summed E-state index contributed by atoms with van der Waals surface area (Å²) < 4.78 is 9.76. The summed E-state index contributed by atoms with van der Waals surface area (Å²) in [4.78, 5) is 26.9. The Morgan fingerprint density at radius 1 is 1.18 bits per heavy atom. The third-order valence-electron chi connectivity index (χ3n) is 2.74. The molecular formula is C15H11Cl2NO4. The Balaban J connectivity index is 2.05. The van der Waals surface area contributed by atoms with E-state index >= 15 is 0 Å². The number of pyridine rings is 1. The molecule has 0 unspecified atom stereocenters. The molecule has 2 aromatic rings. The summed E-state index contributed by atoms with van der Waals surface area (Å²) in [5.41, 5.74) is 0.941. The summed E-state index contributed by atoms with van der Waals surface area (Å²) in [6.45, 7) is 0. The molecule has 0 saturated heterocycles. The molecule has 0 N–H and O–H groups in total. The lowest BCUT2D eigenvalue weighted by Gasteiger charge is -2.06. The fourth-order valence-electron chi connectivity index (χ4n) is 1.61. The Hall–Kier alpha value is -2.11. The quantitative estimate of drug-likeness (QED) is 0.485. The third-order valence-corrected chi connectivity index (χ3v) is 3.43. The van der Waals surface area contributed by atoms with Crippen molar-refractivity contribution in [3.63, 3.8) is 0 Å². The molecule has 0 radical (unpaired) electrons. The normalized spacial score (nSPS) is 10.1. The lowest BCUT2D eigenvalue weighted by molar-refractivity contribution is -0.139. The van der Waals surface area contributed by atoms with Crippen molar-refractivity contribution in [3.05, 3.63) is 57.8 Å². The Morgan fingerprint density at radius 2 is 1.86 bits per heavy atom. The standard InChI is InChI=1S/C15H11Cl2NO4/c1-21-13(19)6-9-2-4-11(5-3-9)22-15(20)10-7-12(16)14(17)18-8-10/h2-5,7-8H,6H2,1H3. The van der Waals surface area contributed by atoms with Gasteiger partial charge in [-0.3, -0.25) is 4.79 Å². The number of aromatic nitrogens is 1. The van der Waals surface area contributed by atoms with Crippen LogP contribution in [0.2, 0.25) is 10.2 Å². The first-order valence-electron chi connectivity index (χ1n) is 6.18. The Labute approximate surface area is 136 Å². The summed E-state index contributed by atoms with van der Waals surface area (Å²) >= 11 is 11.5. The maximum atomic E-state index is 11.9. The molecule has 0 spiro atoms. The fourth-order valence-corrected chi connectivity index (χ4v) is 1.88. The highest BCUT2D eigenvalue weighted by Crippen LogP contribution is 2.21. The van der Waals surface area contributed by atoms with E-state index < -0.39 is 5.97 Å². The molecule has 1 heterocycles. The summed E-state index contributed by atoms with van der Waals surface area (Å²) in [5.74, 6) is -0.608. The molecule has 0 aliphatic rings. The molecule has 0 aliphatic carbocycles. The van der Waals surface area contributed by atoms with Crippen molar-refractivity contribution in [1.82, 2.24) is 4.98 Å². The van der Waals surface area contributed by atoms with Gasteiger partial charge in [-0.15, -0.1) is 0 Å². The number of halogens is 2. The lowest BCUT2D eigenvalue weighted by atomic mass is 10.1. The number of ether oxygens (including phenoxy) is 2. The Morgan fingerprint density at radius 3 is 2.45 bits per heavy atom. The molecule has 5 nitrogen and oxygen atoms in total. The van der Waals surface area contributed by atoms with Gasteiger partial charge in [0.1, 0.15) is 10.9 Å². The zero-order chi connectivity index (χ0) is 16.1. The molecular weight excluding hydrogens is 329 g/mol. The minimum atomic E-state index is -0.605. The van der Waals surface area contributed by atoms with E-state index in [9.17, 15) is 9.59 Å². The van der Waals surface area contributed by atoms with Gasteiger partial charge in [-0.2, -0.15) is 0 Å². The lowest BCUT2D eigenvalue weighted by Crippen LogP contribution is -2.09. The molecule has 0 atom stereocenters. The minimum Gasteiger partial charge on any atom is -0.469 e. The first kappa shape index (κ1) is 16.3. The van der Waals surface area contributed by atoms with Crippen LogP contribution in [0.5, 0.6) is 5.75 Å². The van der Waals surface area contributed by atoms with Gasteiger partial charge < -0.3 is 9.47 Å². The average Bonchev–Trinajstić information content (AvgIpc) is 2.51. The second kappa shape index (κ2) is 7.24.